The Morgan fingerprint density at radius 1 is 1.16 bits per heavy atom. The molecule has 2 amide bonds. The van der Waals surface area contributed by atoms with E-state index in [1.54, 1.807) is 18.4 Å². The first-order chi connectivity index (χ1) is 12.2. The number of ether oxygens (including phenoxy) is 1. The van der Waals surface area contributed by atoms with Gasteiger partial charge < -0.3 is 20.5 Å². The average Bonchev–Trinajstić information content (AvgIpc) is 3.09. The van der Waals surface area contributed by atoms with Crippen molar-refractivity contribution in [2.45, 2.75) is 12.6 Å². The molecule has 0 aliphatic rings. The fourth-order valence-corrected chi connectivity index (χ4v) is 3.55. The molecule has 3 aromatic rings. The van der Waals surface area contributed by atoms with Gasteiger partial charge in [-0.3, -0.25) is 0 Å². The molecule has 0 saturated heterocycles. The van der Waals surface area contributed by atoms with Crippen LogP contribution >= 0.6 is 11.3 Å². The molecule has 0 spiro atoms. The zero-order chi connectivity index (χ0) is 17.6. The van der Waals surface area contributed by atoms with Crippen LogP contribution in [-0.4, -0.2) is 24.8 Å². The molecule has 0 fully saturated rings. The minimum atomic E-state index is -0.733. The van der Waals surface area contributed by atoms with E-state index < -0.39 is 6.10 Å². The highest BCUT2D eigenvalue weighted by atomic mass is 32.1. The van der Waals surface area contributed by atoms with Crippen LogP contribution in [-0.2, 0) is 6.54 Å². The molecule has 3 N–H and O–H groups in total. The fourth-order valence-electron chi connectivity index (χ4n) is 2.54. The Kier molecular flexibility index (Phi) is 5.53. The number of fused-ring (bicyclic) bond motifs is 1. The Morgan fingerprint density at radius 3 is 2.68 bits per heavy atom. The molecule has 6 heteroatoms. The third-order valence-electron chi connectivity index (χ3n) is 3.94. The summed E-state index contributed by atoms with van der Waals surface area (Å²) in [6, 6.07) is 15.1. The monoisotopic (exact) mass is 356 g/mol. The van der Waals surface area contributed by atoms with Gasteiger partial charge in [0.2, 0.25) is 0 Å². The lowest BCUT2D eigenvalue weighted by atomic mass is 10.1. The van der Waals surface area contributed by atoms with Crippen molar-refractivity contribution in [2.75, 3.05) is 13.7 Å². The molecule has 0 aliphatic carbocycles. The van der Waals surface area contributed by atoms with Gasteiger partial charge in [0, 0.05) is 23.4 Å². The number of carbonyl (C=O) groups is 1. The van der Waals surface area contributed by atoms with Crippen LogP contribution < -0.4 is 15.4 Å². The maximum Gasteiger partial charge on any atom is 0.315 e. The number of methoxy groups -OCH3 is 1. The normalized spacial score (nSPS) is 11.9. The van der Waals surface area contributed by atoms with Gasteiger partial charge in [0.1, 0.15) is 5.75 Å². The number of nitrogens with one attached hydrogen (secondary N) is 2. The largest absolute Gasteiger partial charge is 0.497 e. The van der Waals surface area contributed by atoms with Crippen LogP contribution in [0.4, 0.5) is 4.79 Å². The molecule has 5 nitrogen and oxygen atoms in total. The van der Waals surface area contributed by atoms with E-state index in [0.29, 0.717) is 6.54 Å². The number of benzene rings is 2. The van der Waals surface area contributed by atoms with Gasteiger partial charge in [0.05, 0.1) is 13.2 Å². The summed E-state index contributed by atoms with van der Waals surface area (Å²) in [5.74, 6) is 0.777. The number of carbonyl (C=O) groups excluding carboxylic acids is 1. The van der Waals surface area contributed by atoms with Crippen molar-refractivity contribution in [3.05, 3.63) is 65.0 Å². The van der Waals surface area contributed by atoms with Crippen LogP contribution in [0, 0.1) is 0 Å². The average molecular weight is 356 g/mol. The van der Waals surface area contributed by atoms with Crippen molar-refractivity contribution in [2.24, 2.45) is 0 Å². The van der Waals surface area contributed by atoms with Crippen molar-refractivity contribution >= 4 is 27.5 Å². The molecule has 0 saturated carbocycles. The minimum absolute atomic E-state index is 0.162. The Balaban J connectivity index is 1.49. The lowest BCUT2D eigenvalue weighted by Gasteiger charge is -2.12. The zero-order valence-corrected chi connectivity index (χ0v) is 14.7. The van der Waals surface area contributed by atoms with Crippen LogP contribution in [0.1, 0.15) is 17.2 Å². The highest BCUT2D eigenvalue weighted by molar-refractivity contribution is 7.17. The summed E-state index contributed by atoms with van der Waals surface area (Å²) < 4.78 is 6.22. The van der Waals surface area contributed by atoms with Crippen LogP contribution in [0.5, 0.6) is 5.75 Å². The smallest absolute Gasteiger partial charge is 0.315 e. The van der Waals surface area contributed by atoms with E-state index in [2.05, 4.69) is 10.6 Å². The van der Waals surface area contributed by atoms with Gasteiger partial charge in [-0.05, 0) is 34.5 Å². The Bertz CT molecular complexity index is 845. The Hall–Kier alpha value is -2.57. The first-order valence-corrected chi connectivity index (χ1v) is 8.84. The molecule has 130 valence electrons. The topological polar surface area (TPSA) is 70.6 Å². The second-order valence-corrected chi connectivity index (χ2v) is 6.53. The molecular weight excluding hydrogens is 336 g/mol. The lowest BCUT2D eigenvalue weighted by Crippen LogP contribution is -2.37. The van der Waals surface area contributed by atoms with Crippen LogP contribution in [0.25, 0.3) is 10.1 Å². The number of aliphatic hydroxyl groups excluding tert-OH is 1. The van der Waals surface area contributed by atoms with Gasteiger partial charge in [-0.1, -0.05) is 30.3 Å². The van der Waals surface area contributed by atoms with E-state index in [1.165, 1.54) is 0 Å². The number of aliphatic hydroxyl groups is 1. The third-order valence-corrected chi connectivity index (χ3v) is 4.92. The number of rotatable bonds is 6. The Morgan fingerprint density at radius 2 is 1.92 bits per heavy atom. The predicted octanol–water partition coefficient (Wildman–Crippen LogP) is 3.44. The van der Waals surface area contributed by atoms with Crippen molar-refractivity contribution in [3.63, 3.8) is 0 Å². The summed E-state index contributed by atoms with van der Waals surface area (Å²) in [5, 5.41) is 18.8. The number of urea groups is 1. The van der Waals surface area contributed by atoms with Crippen molar-refractivity contribution in [1.82, 2.24) is 10.6 Å². The van der Waals surface area contributed by atoms with Crippen molar-refractivity contribution < 1.29 is 14.6 Å². The van der Waals surface area contributed by atoms with Crippen molar-refractivity contribution in [1.29, 1.82) is 0 Å². The summed E-state index contributed by atoms with van der Waals surface area (Å²) >= 11 is 1.59. The summed E-state index contributed by atoms with van der Waals surface area (Å²) in [6.07, 6.45) is -0.733. The van der Waals surface area contributed by atoms with Crippen LogP contribution in [0.15, 0.2) is 53.9 Å². The van der Waals surface area contributed by atoms with E-state index in [-0.39, 0.29) is 12.6 Å². The molecule has 0 radical (unpaired) electrons. The number of hydrogen-bond acceptors (Lipinski definition) is 4. The van der Waals surface area contributed by atoms with Crippen molar-refractivity contribution in [3.8, 4) is 5.75 Å². The summed E-state index contributed by atoms with van der Waals surface area (Å²) in [5.41, 5.74) is 1.82. The van der Waals surface area contributed by atoms with Gasteiger partial charge >= 0.3 is 6.03 Å². The minimum Gasteiger partial charge on any atom is -0.497 e. The summed E-state index contributed by atoms with van der Waals surface area (Å²) in [6.45, 7) is 0.572. The molecule has 3 rings (SSSR count). The van der Waals surface area contributed by atoms with Crippen LogP contribution in [0.2, 0.25) is 0 Å². The first kappa shape index (κ1) is 17.3. The molecule has 2 aromatic carbocycles. The zero-order valence-electron chi connectivity index (χ0n) is 13.9. The van der Waals surface area contributed by atoms with E-state index >= 15 is 0 Å². The quantitative estimate of drug-likeness (QED) is 0.634. The van der Waals surface area contributed by atoms with Crippen LogP contribution in [0.3, 0.4) is 0 Å². The maximum atomic E-state index is 11.9. The predicted molar refractivity (Wildman–Crippen MR) is 100 cm³/mol. The molecule has 25 heavy (non-hydrogen) atoms. The Labute approximate surface area is 150 Å². The standard InChI is InChI=1S/C19H20N2O3S/c1-24-14-8-6-13(7-9-14)10-20-19(23)21-11-17(22)16-12-25-18-5-3-2-4-15(16)18/h2-9,12,17,22H,10-11H2,1H3,(H2,20,21,23). The molecule has 1 aromatic heterocycles. The second kappa shape index (κ2) is 8.00. The van der Waals surface area contributed by atoms with E-state index in [0.717, 1.165) is 27.0 Å². The molecule has 0 aliphatic heterocycles. The lowest BCUT2D eigenvalue weighted by molar-refractivity contribution is 0.174. The highest BCUT2D eigenvalue weighted by Crippen LogP contribution is 2.29. The van der Waals surface area contributed by atoms with E-state index in [1.807, 2.05) is 53.9 Å². The van der Waals surface area contributed by atoms with E-state index in [4.69, 9.17) is 4.74 Å². The van der Waals surface area contributed by atoms with Gasteiger partial charge in [-0.15, -0.1) is 11.3 Å². The van der Waals surface area contributed by atoms with Gasteiger partial charge in [-0.25, -0.2) is 4.79 Å². The number of hydrogen-bond donors (Lipinski definition) is 3. The number of amides is 2. The highest BCUT2D eigenvalue weighted by Gasteiger charge is 2.14. The molecule has 1 heterocycles. The van der Waals surface area contributed by atoms with E-state index in [9.17, 15) is 9.90 Å². The molecule has 0 bridgehead atoms. The molecular formula is C19H20N2O3S. The second-order valence-electron chi connectivity index (χ2n) is 5.61. The third kappa shape index (κ3) is 4.29. The van der Waals surface area contributed by atoms with Gasteiger partial charge in [0.15, 0.2) is 0 Å². The first-order valence-electron chi connectivity index (χ1n) is 7.96. The maximum absolute atomic E-state index is 11.9. The summed E-state index contributed by atoms with van der Waals surface area (Å²) in [4.78, 5) is 11.9. The molecule has 1 unspecified atom stereocenters. The van der Waals surface area contributed by atoms with Gasteiger partial charge in [0.25, 0.3) is 0 Å². The van der Waals surface area contributed by atoms with Gasteiger partial charge in [-0.2, -0.15) is 0 Å². The fraction of sp³-hybridized carbons (Fsp3) is 0.211. The summed E-state index contributed by atoms with van der Waals surface area (Å²) in [7, 11) is 1.61. The SMILES string of the molecule is COc1ccc(CNC(=O)NCC(O)c2csc3ccccc23)cc1. The number of thiophene rings is 1. The molecule has 1 atom stereocenters.